The number of unbranched alkanes of at least 4 members (excludes halogenated alkanes) is 1. The highest BCUT2D eigenvalue weighted by molar-refractivity contribution is 5.23. The molecule has 0 bridgehead atoms. The van der Waals surface area contributed by atoms with Crippen LogP contribution in [0.15, 0.2) is 12.3 Å². The van der Waals surface area contributed by atoms with Gasteiger partial charge in [-0.1, -0.05) is 32.1 Å². The fraction of sp³-hybridized carbons (Fsp3) is 0.750. The average molecular weight is 266 g/mol. The van der Waals surface area contributed by atoms with Crippen LogP contribution in [0.25, 0.3) is 0 Å². The average Bonchev–Trinajstić information content (AvgIpc) is 2.36. The van der Waals surface area contributed by atoms with Crippen molar-refractivity contribution in [2.45, 2.75) is 51.7 Å². The van der Waals surface area contributed by atoms with E-state index in [1.165, 1.54) is 4.90 Å². The lowest BCUT2D eigenvalue weighted by Gasteiger charge is -2.40. The molecular formula is C16H28NO2+. The van der Waals surface area contributed by atoms with Crippen LogP contribution < -0.4 is 4.90 Å². The molecule has 2 N–H and O–H groups in total. The Hall–Kier alpha value is -0.980. The number of likely N-dealkylation sites (tertiary alicyclic amines) is 1. The van der Waals surface area contributed by atoms with Crippen LogP contribution in [0, 0.1) is 17.8 Å². The zero-order chi connectivity index (χ0) is 14.3. The van der Waals surface area contributed by atoms with Gasteiger partial charge in [0, 0.05) is 18.4 Å². The lowest BCUT2D eigenvalue weighted by molar-refractivity contribution is -0.915. The van der Waals surface area contributed by atoms with Crippen molar-refractivity contribution in [2.24, 2.45) is 5.92 Å². The summed E-state index contributed by atoms with van der Waals surface area (Å²) in [4.78, 5) is 1.47. The lowest BCUT2D eigenvalue weighted by atomic mass is 9.79. The van der Waals surface area contributed by atoms with Crippen molar-refractivity contribution < 1.29 is 14.7 Å². The zero-order valence-electron chi connectivity index (χ0n) is 12.7. The third kappa shape index (κ3) is 4.89. The monoisotopic (exact) mass is 266 g/mol. The van der Waals surface area contributed by atoms with Gasteiger partial charge in [-0.25, -0.2) is 0 Å². The Morgan fingerprint density at radius 3 is 2.89 bits per heavy atom. The summed E-state index contributed by atoms with van der Waals surface area (Å²) in [5, 5.41) is 10.6. The van der Waals surface area contributed by atoms with E-state index < -0.39 is 5.60 Å². The Morgan fingerprint density at radius 1 is 1.47 bits per heavy atom. The Morgan fingerprint density at radius 2 is 2.21 bits per heavy atom. The number of nitrogens with one attached hydrogen (secondary N) is 1. The highest BCUT2D eigenvalue weighted by Crippen LogP contribution is 2.23. The van der Waals surface area contributed by atoms with E-state index in [-0.39, 0.29) is 5.92 Å². The lowest BCUT2D eigenvalue weighted by Crippen LogP contribution is -3.15. The van der Waals surface area contributed by atoms with Crippen LogP contribution in [0.3, 0.4) is 0 Å². The fourth-order valence-electron chi connectivity index (χ4n) is 2.41. The second-order valence-electron chi connectivity index (χ2n) is 5.78. The molecule has 0 saturated carbocycles. The Balaban J connectivity index is 2.50. The summed E-state index contributed by atoms with van der Waals surface area (Å²) in [5.74, 6) is 6.14. The van der Waals surface area contributed by atoms with Crippen molar-refractivity contribution in [1.82, 2.24) is 0 Å². The summed E-state index contributed by atoms with van der Waals surface area (Å²) in [6.45, 7) is 8.07. The van der Waals surface area contributed by atoms with E-state index in [1.54, 1.807) is 12.3 Å². The molecular weight excluding hydrogens is 238 g/mol. The highest BCUT2D eigenvalue weighted by atomic mass is 16.5. The first-order chi connectivity index (χ1) is 8.99. The number of rotatable bonds is 4. The highest BCUT2D eigenvalue weighted by Gasteiger charge is 2.42. The van der Waals surface area contributed by atoms with Crippen LogP contribution in [-0.2, 0) is 4.74 Å². The van der Waals surface area contributed by atoms with Gasteiger partial charge in [-0.2, -0.15) is 0 Å². The molecule has 3 heteroatoms. The molecule has 1 unspecified atom stereocenters. The summed E-state index contributed by atoms with van der Waals surface area (Å²) < 4.78 is 5.29. The van der Waals surface area contributed by atoms with Gasteiger partial charge in [-0.3, -0.25) is 0 Å². The van der Waals surface area contributed by atoms with Crippen molar-refractivity contribution in [3.05, 3.63) is 12.3 Å². The van der Waals surface area contributed by atoms with Gasteiger partial charge in [0.15, 0.2) is 0 Å². The molecule has 1 fully saturated rings. The number of allylic oxidation sites excluding steroid dienone is 1. The summed E-state index contributed by atoms with van der Waals surface area (Å²) in [6.07, 6.45) is 6.24. The summed E-state index contributed by atoms with van der Waals surface area (Å²) in [5.41, 5.74) is -0.854. The number of piperidine rings is 1. The predicted molar refractivity (Wildman–Crippen MR) is 77.7 cm³/mol. The van der Waals surface area contributed by atoms with Crippen LogP contribution in [0.1, 0.15) is 40.0 Å². The second-order valence-corrected chi connectivity index (χ2v) is 5.78. The van der Waals surface area contributed by atoms with E-state index >= 15 is 0 Å². The van der Waals surface area contributed by atoms with Crippen LogP contribution in [0.2, 0.25) is 0 Å². The van der Waals surface area contributed by atoms with E-state index in [0.29, 0.717) is 6.04 Å². The first-order valence-electron chi connectivity index (χ1n) is 7.33. The number of aliphatic hydroxyl groups is 1. The van der Waals surface area contributed by atoms with Crippen molar-refractivity contribution in [1.29, 1.82) is 0 Å². The molecule has 0 spiro atoms. The van der Waals surface area contributed by atoms with Gasteiger partial charge < -0.3 is 14.7 Å². The molecule has 1 heterocycles. The van der Waals surface area contributed by atoms with Gasteiger partial charge in [0.05, 0.1) is 32.5 Å². The van der Waals surface area contributed by atoms with Gasteiger partial charge in [0.2, 0.25) is 0 Å². The maximum absolute atomic E-state index is 10.6. The van der Waals surface area contributed by atoms with E-state index in [0.717, 1.165) is 32.4 Å². The van der Waals surface area contributed by atoms with Gasteiger partial charge in [0.1, 0.15) is 5.60 Å². The maximum atomic E-state index is 10.6. The van der Waals surface area contributed by atoms with E-state index in [4.69, 9.17) is 4.74 Å². The zero-order valence-corrected chi connectivity index (χ0v) is 12.7. The van der Waals surface area contributed by atoms with Crippen LogP contribution in [0.4, 0.5) is 0 Å². The number of hydrogen-bond acceptors (Lipinski definition) is 2. The van der Waals surface area contributed by atoms with Crippen molar-refractivity contribution in [3.63, 3.8) is 0 Å². The SMILES string of the molecule is CCCCO/C=C/C#C[C@]1(O)C[C@@H](C)[NH+](C)C[C@@H]1C. The molecule has 1 saturated heterocycles. The van der Waals surface area contributed by atoms with Gasteiger partial charge in [-0.15, -0.1) is 0 Å². The third-order valence-electron chi connectivity index (χ3n) is 4.05. The topological polar surface area (TPSA) is 33.9 Å². The molecule has 4 atom stereocenters. The minimum absolute atomic E-state index is 0.200. The normalized spacial score (nSPS) is 34.9. The minimum Gasteiger partial charge on any atom is -0.501 e. The molecule has 3 nitrogen and oxygen atoms in total. The molecule has 0 aliphatic carbocycles. The molecule has 108 valence electrons. The first kappa shape index (κ1) is 16.1. The molecule has 0 radical (unpaired) electrons. The summed E-state index contributed by atoms with van der Waals surface area (Å²) in [7, 11) is 2.18. The van der Waals surface area contributed by atoms with Crippen LogP contribution in [0.5, 0.6) is 0 Å². The van der Waals surface area contributed by atoms with E-state index in [2.05, 4.69) is 39.7 Å². The van der Waals surface area contributed by atoms with Crippen LogP contribution in [-0.4, -0.2) is 36.9 Å². The largest absolute Gasteiger partial charge is 0.501 e. The molecule has 0 aromatic heterocycles. The maximum Gasteiger partial charge on any atom is 0.139 e. The predicted octanol–water partition coefficient (Wildman–Crippen LogP) is 0.994. The number of hydrogen-bond donors (Lipinski definition) is 2. The molecule has 19 heavy (non-hydrogen) atoms. The van der Waals surface area contributed by atoms with Crippen molar-refractivity contribution >= 4 is 0 Å². The van der Waals surface area contributed by atoms with Gasteiger partial charge in [0.25, 0.3) is 0 Å². The second kappa shape index (κ2) is 7.57. The molecule has 1 rings (SSSR count). The first-order valence-corrected chi connectivity index (χ1v) is 7.33. The van der Waals surface area contributed by atoms with E-state index in [9.17, 15) is 5.11 Å². The molecule has 0 aromatic carbocycles. The Labute approximate surface area is 117 Å². The third-order valence-corrected chi connectivity index (χ3v) is 4.05. The smallest absolute Gasteiger partial charge is 0.139 e. The summed E-state index contributed by atoms with van der Waals surface area (Å²) in [6, 6.07) is 0.445. The van der Waals surface area contributed by atoms with Crippen molar-refractivity contribution in [2.75, 3.05) is 20.2 Å². The Bertz CT molecular complexity index is 355. The molecule has 0 amide bonds. The van der Waals surface area contributed by atoms with Gasteiger partial charge >= 0.3 is 0 Å². The molecule has 0 aromatic rings. The Kier molecular flexibility index (Phi) is 6.41. The minimum atomic E-state index is -0.854. The van der Waals surface area contributed by atoms with Crippen LogP contribution >= 0.6 is 0 Å². The van der Waals surface area contributed by atoms with E-state index in [1.807, 2.05) is 0 Å². The molecule has 1 aliphatic rings. The molecule has 1 aliphatic heterocycles. The number of ether oxygens (including phenoxy) is 1. The number of quaternary nitrogens is 1. The quantitative estimate of drug-likeness (QED) is 0.452. The standard InChI is InChI=1S/C16H27NO2/c1-5-6-10-19-11-8-7-9-16(18)12-15(3)17(4)13-14(16)2/h8,11,14-15,18H,5-6,10,12-13H2,1-4H3/p+1/b11-8+/t14-,15+,16-/m0/s1. The summed E-state index contributed by atoms with van der Waals surface area (Å²) >= 11 is 0. The van der Waals surface area contributed by atoms with Gasteiger partial charge in [-0.05, 0) is 13.3 Å². The van der Waals surface area contributed by atoms with Crippen molar-refractivity contribution in [3.8, 4) is 11.8 Å². The fourth-order valence-corrected chi connectivity index (χ4v) is 2.41.